The summed E-state index contributed by atoms with van der Waals surface area (Å²) < 4.78 is 5.24. The molecule has 0 radical (unpaired) electrons. The summed E-state index contributed by atoms with van der Waals surface area (Å²) in [5, 5.41) is 7.13. The molecule has 78 valence electrons. The third kappa shape index (κ3) is 2.12. The molecule has 1 aliphatic carbocycles. The summed E-state index contributed by atoms with van der Waals surface area (Å²) in [6.45, 7) is 3.72. The highest BCUT2D eigenvalue weighted by Gasteiger charge is 2.22. The van der Waals surface area contributed by atoms with Crippen LogP contribution in [0.25, 0.3) is 0 Å². The predicted molar refractivity (Wildman–Crippen MR) is 52.9 cm³/mol. The lowest BCUT2D eigenvalue weighted by molar-refractivity contribution is 0.349. The Morgan fingerprint density at radius 3 is 2.93 bits per heavy atom. The third-order valence-corrected chi connectivity index (χ3v) is 2.72. The molecule has 1 aromatic heterocycles. The van der Waals surface area contributed by atoms with Crippen molar-refractivity contribution in [1.82, 2.24) is 15.5 Å². The highest BCUT2D eigenvalue weighted by atomic mass is 16.5. The van der Waals surface area contributed by atoms with Gasteiger partial charge in [0.2, 0.25) is 5.89 Å². The second kappa shape index (κ2) is 4.55. The number of hydrogen-bond donors (Lipinski definition) is 1. The van der Waals surface area contributed by atoms with Crippen molar-refractivity contribution >= 4 is 0 Å². The molecule has 0 saturated heterocycles. The SMILES string of the molecule is CCNCc1noc(C2CCCC2)n1. The summed E-state index contributed by atoms with van der Waals surface area (Å²) >= 11 is 0. The number of hydrogen-bond acceptors (Lipinski definition) is 4. The molecular formula is C10H17N3O. The molecule has 1 saturated carbocycles. The zero-order valence-corrected chi connectivity index (χ0v) is 8.62. The van der Waals surface area contributed by atoms with Crippen molar-refractivity contribution in [3.8, 4) is 0 Å². The van der Waals surface area contributed by atoms with Crippen molar-refractivity contribution in [1.29, 1.82) is 0 Å². The van der Waals surface area contributed by atoms with E-state index in [0.29, 0.717) is 12.5 Å². The van der Waals surface area contributed by atoms with E-state index < -0.39 is 0 Å². The van der Waals surface area contributed by atoms with Crippen LogP contribution in [0, 0.1) is 0 Å². The van der Waals surface area contributed by atoms with E-state index in [-0.39, 0.29) is 0 Å². The van der Waals surface area contributed by atoms with Crippen LogP contribution in [0.1, 0.15) is 50.2 Å². The molecule has 1 aliphatic rings. The van der Waals surface area contributed by atoms with Crippen LogP contribution in [0.5, 0.6) is 0 Å². The first-order chi connectivity index (χ1) is 6.90. The van der Waals surface area contributed by atoms with Gasteiger partial charge >= 0.3 is 0 Å². The smallest absolute Gasteiger partial charge is 0.229 e. The second-order valence-corrected chi connectivity index (χ2v) is 3.81. The van der Waals surface area contributed by atoms with E-state index in [0.717, 1.165) is 18.3 Å². The Balaban J connectivity index is 1.94. The molecule has 4 nitrogen and oxygen atoms in total. The van der Waals surface area contributed by atoms with Crippen LogP contribution >= 0.6 is 0 Å². The first-order valence-electron chi connectivity index (χ1n) is 5.43. The Labute approximate surface area is 84.1 Å². The molecule has 4 heteroatoms. The van der Waals surface area contributed by atoms with E-state index in [1.807, 2.05) is 0 Å². The zero-order chi connectivity index (χ0) is 9.80. The minimum atomic E-state index is 0.526. The fraction of sp³-hybridized carbons (Fsp3) is 0.800. The fourth-order valence-corrected chi connectivity index (χ4v) is 1.91. The largest absolute Gasteiger partial charge is 0.339 e. The maximum atomic E-state index is 5.24. The number of nitrogens with one attached hydrogen (secondary N) is 1. The van der Waals surface area contributed by atoms with E-state index in [1.165, 1.54) is 25.7 Å². The third-order valence-electron chi connectivity index (χ3n) is 2.72. The van der Waals surface area contributed by atoms with Gasteiger partial charge in [0, 0.05) is 5.92 Å². The van der Waals surface area contributed by atoms with E-state index in [1.54, 1.807) is 0 Å². The molecule has 0 atom stereocenters. The van der Waals surface area contributed by atoms with Crippen LogP contribution in [0.15, 0.2) is 4.52 Å². The standard InChI is InChI=1S/C10H17N3O/c1-2-11-7-9-12-10(14-13-9)8-5-3-4-6-8/h8,11H,2-7H2,1H3. The highest BCUT2D eigenvalue weighted by molar-refractivity contribution is 4.96. The van der Waals surface area contributed by atoms with E-state index in [2.05, 4.69) is 22.4 Å². The summed E-state index contributed by atoms with van der Waals surface area (Å²) in [6, 6.07) is 0. The number of nitrogens with zero attached hydrogens (tertiary/aromatic N) is 2. The van der Waals surface area contributed by atoms with Gasteiger partial charge in [-0.15, -0.1) is 0 Å². The van der Waals surface area contributed by atoms with E-state index in [4.69, 9.17) is 4.52 Å². The lowest BCUT2D eigenvalue weighted by atomic mass is 10.1. The van der Waals surface area contributed by atoms with Gasteiger partial charge < -0.3 is 9.84 Å². The molecule has 0 spiro atoms. The molecular weight excluding hydrogens is 178 g/mol. The van der Waals surface area contributed by atoms with Crippen molar-refractivity contribution in [3.63, 3.8) is 0 Å². The zero-order valence-electron chi connectivity index (χ0n) is 8.62. The maximum absolute atomic E-state index is 5.24. The van der Waals surface area contributed by atoms with Gasteiger partial charge in [-0.25, -0.2) is 0 Å². The maximum Gasteiger partial charge on any atom is 0.229 e. The summed E-state index contributed by atoms with van der Waals surface area (Å²) in [6.07, 6.45) is 5.02. The summed E-state index contributed by atoms with van der Waals surface area (Å²) in [4.78, 5) is 4.39. The van der Waals surface area contributed by atoms with Crippen molar-refractivity contribution in [3.05, 3.63) is 11.7 Å². The molecule has 0 aliphatic heterocycles. The van der Waals surface area contributed by atoms with E-state index >= 15 is 0 Å². The van der Waals surface area contributed by atoms with Gasteiger partial charge in [0.05, 0.1) is 6.54 Å². The molecule has 0 amide bonds. The molecule has 1 N–H and O–H groups in total. The highest BCUT2D eigenvalue weighted by Crippen LogP contribution is 2.32. The second-order valence-electron chi connectivity index (χ2n) is 3.81. The Morgan fingerprint density at radius 2 is 2.21 bits per heavy atom. The molecule has 0 bridgehead atoms. The molecule has 1 aromatic rings. The van der Waals surface area contributed by atoms with Gasteiger partial charge in [-0.05, 0) is 19.4 Å². The Bertz CT molecular complexity index is 279. The van der Waals surface area contributed by atoms with Gasteiger partial charge in [-0.1, -0.05) is 24.9 Å². The summed E-state index contributed by atoms with van der Waals surface area (Å²) in [7, 11) is 0. The lowest BCUT2D eigenvalue weighted by Gasteiger charge is -1.99. The van der Waals surface area contributed by atoms with Gasteiger partial charge in [0.1, 0.15) is 0 Å². The van der Waals surface area contributed by atoms with Gasteiger partial charge in [0.15, 0.2) is 5.82 Å². The van der Waals surface area contributed by atoms with Crippen molar-refractivity contribution in [2.45, 2.75) is 45.1 Å². The Hall–Kier alpha value is -0.900. The Kier molecular flexibility index (Phi) is 3.14. The number of aromatic nitrogens is 2. The van der Waals surface area contributed by atoms with Crippen LogP contribution in [-0.2, 0) is 6.54 Å². The van der Waals surface area contributed by atoms with E-state index in [9.17, 15) is 0 Å². The fourth-order valence-electron chi connectivity index (χ4n) is 1.91. The van der Waals surface area contributed by atoms with Crippen LogP contribution < -0.4 is 5.32 Å². The van der Waals surface area contributed by atoms with Crippen LogP contribution in [0.2, 0.25) is 0 Å². The molecule has 0 unspecified atom stereocenters. The number of rotatable bonds is 4. The molecule has 1 fully saturated rings. The first kappa shape index (κ1) is 9.65. The van der Waals surface area contributed by atoms with Crippen LogP contribution in [-0.4, -0.2) is 16.7 Å². The predicted octanol–water partition coefficient (Wildman–Crippen LogP) is 1.84. The normalized spacial score (nSPS) is 17.8. The average molecular weight is 195 g/mol. The first-order valence-corrected chi connectivity index (χ1v) is 5.43. The van der Waals surface area contributed by atoms with Crippen molar-refractivity contribution in [2.24, 2.45) is 0 Å². The minimum absolute atomic E-state index is 0.526. The van der Waals surface area contributed by atoms with Crippen molar-refractivity contribution in [2.75, 3.05) is 6.54 Å². The monoisotopic (exact) mass is 195 g/mol. The summed E-state index contributed by atoms with van der Waals surface area (Å²) in [5.41, 5.74) is 0. The minimum Gasteiger partial charge on any atom is -0.339 e. The Morgan fingerprint density at radius 1 is 1.43 bits per heavy atom. The van der Waals surface area contributed by atoms with Crippen LogP contribution in [0.3, 0.4) is 0 Å². The van der Waals surface area contributed by atoms with Gasteiger partial charge in [-0.3, -0.25) is 0 Å². The average Bonchev–Trinajstić information content (AvgIpc) is 2.85. The van der Waals surface area contributed by atoms with Gasteiger partial charge in [-0.2, -0.15) is 4.98 Å². The quantitative estimate of drug-likeness (QED) is 0.796. The molecule has 14 heavy (non-hydrogen) atoms. The van der Waals surface area contributed by atoms with Crippen molar-refractivity contribution < 1.29 is 4.52 Å². The van der Waals surface area contributed by atoms with Gasteiger partial charge in [0.25, 0.3) is 0 Å². The molecule has 0 aromatic carbocycles. The lowest BCUT2D eigenvalue weighted by Crippen LogP contribution is -2.12. The summed E-state index contributed by atoms with van der Waals surface area (Å²) in [5.74, 6) is 2.15. The molecule has 2 rings (SSSR count). The topological polar surface area (TPSA) is 51.0 Å². The van der Waals surface area contributed by atoms with Crippen LogP contribution in [0.4, 0.5) is 0 Å². The molecule has 1 heterocycles.